The lowest BCUT2D eigenvalue weighted by atomic mass is 10.1. The van der Waals surface area contributed by atoms with E-state index in [2.05, 4.69) is 376 Å². The highest BCUT2D eigenvalue weighted by atomic mass is 15.1. The molecule has 0 spiro atoms. The van der Waals surface area contributed by atoms with Crippen LogP contribution in [-0.4, -0.2) is 48.2 Å². The highest BCUT2D eigenvalue weighted by molar-refractivity contribution is 6.14. The van der Waals surface area contributed by atoms with Crippen molar-refractivity contribution in [2.24, 2.45) is 0 Å². The molecule has 522 valence electrons. The Kier molecular flexibility index (Phi) is 15.0. The average molecular weight is 1430 g/mol. The highest BCUT2D eigenvalue weighted by Crippen LogP contribution is 2.42. The molecule has 6 aromatic heterocycles. The molecule has 10 heteroatoms. The predicted octanol–water partition coefficient (Wildman–Crippen LogP) is 25.6. The summed E-state index contributed by atoms with van der Waals surface area (Å²) in [5.74, 6) is 3.81. The van der Waals surface area contributed by atoms with E-state index in [-0.39, 0.29) is 0 Å². The van der Waals surface area contributed by atoms with Crippen LogP contribution in [-0.2, 0) is 0 Å². The lowest BCUT2D eigenvalue weighted by molar-refractivity contribution is 1.07. The van der Waals surface area contributed by atoms with Gasteiger partial charge in [0.1, 0.15) is 0 Å². The van der Waals surface area contributed by atoms with Crippen LogP contribution in [0.25, 0.3) is 211 Å². The minimum Gasteiger partial charge on any atom is -0.309 e. The SMILES string of the molecule is c1cc(-c2nc(-c3ccc4ccccc4c3)nc(-c3ccc4ccccc4c3)n2)cc(-n2c3ccccc3c3cc(-n4c5ccccc5c5ccccc54)ccc32)c1.c1ccc(-c2nc(-c3cccc(-n4c5ccccc5c5cc(-n6c7ccccc7c7ccccc76)ccc54)c3)nc(-c3ccc4ccccc4c3)n2)cc1. The van der Waals surface area contributed by atoms with Crippen LogP contribution in [0.2, 0.25) is 0 Å². The molecule has 0 radical (unpaired) electrons. The second-order valence-electron chi connectivity index (χ2n) is 28.6. The molecule has 0 fully saturated rings. The van der Waals surface area contributed by atoms with E-state index in [0.29, 0.717) is 34.9 Å². The molecule has 23 aromatic rings. The van der Waals surface area contributed by atoms with Gasteiger partial charge >= 0.3 is 0 Å². The summed E-state index contributed by atoms with van der Waals surface area (Å²) in [5.41, 5.74) is 19.3. The summed E-state index contributed by atoms with van der Waals surface area (Å²) in [6.45, 7) is 0. The Balaban J connectivity index is 0.000000138. The van der Waals surface area contributed by atoms with Crippen molar-refractivity contribution in [3.05, 3.63) is 388 Å². The van der Waals surface area contributed by atoms with Gasteiger partial charge in [0, 0.05) is 99.2 Å². The van der Waals surface area contributed by atoms with Crippen molar-refractivity contribution < 1.29 is 0 Å². The number of para-hydroxylation sites is 6. The largest absolute Gasteiger partial charge is 0.309 e. The minimum absolute atomic E-state index is 0.623. The van der Waals surface area contributed by atoms with Crippen molar-refractivity contribution in [2.45, 2.75) is 0 Å². The Morgan fingerprint density at radius 1 is 0.134 bits per heavy atom. The van der Waals surface area contributed by atoms with Gasteiger partial charge in [0.2, 0.25) is 0 Å². The number of aromatic nitrogens is 10. The summed E-state index contributed by atoms with van der Waals surface area (Å²) in [6, 6.07) is 137. The van der Waals surface area contributed by atoms with Crippen LogP contribution in [0.3, 0.4) is 0 Å². The maximum atomic E-state index is 5.17. The maximum Gasteiger partial charge on any atom is 0.164 e. The third kappa shape index (κ3) is 10.9. The first kappa shape index (κ1) is 64.0. The van der Waals surface area contributed by atoms with Crippen LogP contribution in [0.1, 0.15) is 0 Å². The zero-order valence-electron chi connectivity index (χ0n) is 60.4. The Morgan fingerprint density at radius 3 is 0.688 bits per heavy atom. The fraction of sp³-hybridized carbons (Fsp3) is 0. The van der Waals surface area contributed by atoms with Gasteiger partial charge in [0.25, 0.3) is 0 Å². The molecule has 0 aliphatic heterocycles. The van der Waals surface area contributed by atoms with E-state index < -0.39 is 0 Å². The molecule has 0 amide bonds. The van der Waals surface area contributed by atoms with Crippen LogP contribution < -0.4 is 0 Å². The summed E-state index contributed by atoms with van der Waals surface area (Å²) in [4.78, 5) is 30.6. The smallest absolute Gasteiger partial charge is 0.164 e. The maximum absolute atomic E-state index is 5.17. The minimum atomic E-state index is 0.623. The summed E-state index contributed by atoms with van der Waals surface area (Å²) < 4.78 is 9.49. The topological polar surface area (TPSA) is 97.1 Å². The first-order valence-electron chi connectivity index (χ1n) is 37.8. The molecule has 10 nitrogen and oxygen atoms in total. The standard InChI is InChI=1S/C53H33N5.C49H31N5/c1-3-14-36-30-39(26-24-34(36)12-1)52-54-51(55-53(56-52)40-27-25-35-13-2-4-15-37(35)31-40)38-16-11-17-41(32-38)57-49-23-10-7-20-45(49)46-33-42(28-29-50(46)57)58-47-21-8-5-18-43(47)44-19-6-9-22-48(44)58;1-2-14-33(15-3-1)47-50-48(52-49(51-47)36-26-25-32-13-4-5-16-34(32)29-36)35-17-12-18-37(30-35)53-45-24-11-8-21-41(45)42-31-38(27-28-46(42)53)54-43-22-9-6-19-39(43)40-20-7-10-23-44(40)54/h1-33H;1-31H. The van der Waals surface area contributed by atoms with E-state index in [1.807, 2.05) is 30.3 Å². The Morgan fingerprint density at radius 2 is 0.366 bits per heavy atom. The van der Waals surface area contributed by atoms with Gasteiger partial charge in [-0.05, 0) is 148 Å². The fourth-order valence-electron chi connectivity index (χ4n) is 16.8. The zero-order chi connectivity index (χ0) is 73.7. The zero-order valence-corrected chi connectivity index (χ0v) is 60.4. The van der Waals surface area contributed by atoms with Crippen LogP contribution in [0.5, 0.6) is 0 Å². The van der Waals surface area contributed by atoms with Gasteiger partial charge in [-0.15, -0.1) is 0 Å². The summed E-state index contributed by atoms with van der Waals surface area (Å²) >= 11 is 0. The summed E-state index contributed by atoms with van der Waals surface area (Å²) in [5, 5.41) is 16.8. The molecule has 0 saturated carbocycles. The van der Waals surface area contributed by atoms with Crippen molar-refractivity contribution in [3.63, 3.8) is 0 Å². The van der Waals surface area contributed by atoms with Gasteiger partial charge < -0.3 is 18.3 Å². The normalized spacial score (nSPS) is 11.8. The monoisotopic (exact) mass is 1430 g/mol. The van der Waals surface area contributed by atoms with E-state index in [1.54, 1.807) is 0 Å². The van der Waals surface area contributed by atoms with E-state index >= 15 is 0 Å². The van der Waals surface area contributed by atoms with Crippen LogP contribution in [0.4, 0.5) is 0 Å². The number of fused-ring (bicyclic) bond motifs is 15. The van der Waals surface area contributed by atoms with E-state index in [1.165, 1.54) is 81.3 Å². The second kappa shape index (κ2) is 26.3. The molecule has 6 heterocycles. The average Bonchev–Trinajstić information content (AvgIpc) is 1.61. The van der Waals surface area contributed by atoms with E-state index in [4.69, 9.17) is 29.9 Å². The van der Waals surface area contributed by atoms with Crippen LogP contribution >= 0.6 is 0 Å². The first-order valence-corrected chi connectivity index (χ1v) is 37.8. The molecule has 0 unspecified atom stereocenters. The second-order valence-corrected chi connectivity index (χ2v) is 28.6. The van der Waals surface area contributed by atoms with Gasteiger partial charge in [-0.1, -0.05) is 273 Å². The summed E-state index contributed by atoms with van der Waals surface area (Å²) in [7, 11) is 0. The molecule has 112 heavy (non-hydrogen) atoms. The molecule has 0 bridgehead atoms. The Hall–Kier alpha value is -15.3. The quantitative estimate of drug-likeness (QED) is 0.135. The Labute approximate surface area is 643 Å². The molecule has 23 rings (SSSR count). The van der Waals surface area contributed by atoms with Crippen molar-refractivity contribution >= 4 is 120 Å². The number of hydrogen-bond acceptors (Lipinski definition) is 6. The summed E-state index contributed by atoms with van der Waals surface area (Å²) in [6.07, 6.45) is 0. The van der Waals surface area contributed by atoms with Gasteiger partial charge in [-0.2, -0.15) is 0 Å². The molecule has 0 aliphatic carbocycles. The molecule has 0 atom stereocenters. The number of benzene rings is 17. The van der Waals surface area contributed by atoms with Gasteiger partial charge in [0.15, 0.2) is 34.9 Å². The molecule has 17 aromatic carbocycles. The van der Waals surface area contributed by atoms with Crippen LogP contribution in [0, 0.1) is 0 Å². The lowest BCUT2D eigenvalue weighted by Crippen LogP contribution is -2.01. The fourth-order valence-corrected chi connectivity index (χ4v) is 16.8. The third-order valence-electron chi connectivity index (χ3n) is 22.0. The molecular formula is C102H64N10. The number of hydrogen-bond donors (Lipinski definition) is 0. The highest BCUT2D eigenvalue weighted by Gasteiger charge is 2.22. The first-order chi connectivity index (χ1) is 55.5. The van der Waals surface area contributed by atoms with Crippen molar-refractivity contribution in [2.75, 3.05) is 0 Å². The van der Waals surface area contributed by atoms with Crippen molar-refractivity contribution in [1.29, 1.82) is 0 Å². The third-order valence-corrected chi connectivity index (χ3v) is 22.0. The predicted molar refractivity (Wildman–Crippen MR) is 462 cm³/mol. The van der Waals surface area contributed by atoms with Gasteiger partial charge in [-0.25, -0.2) is 29.9 Å². The number of rotatable bonds is 10. The van der Waals surface area contributed by atoms with Gasteiger partial charge in [0.05, 0.1) is 44.1 Å². The molecular weight excluding hydrogens is 1370 g/mol. The van der Waals surface area contributed by atoms with Gasteiger partial charge in [-0.3, -0.25) is 0 Å². The molecule has 0 aliphatic rings. The van der Waals surface area contributed by atoms with Crippen LogP contribution in [0.15, 0.2) is 388 Å². The van der Waals surface area contributed by atoms with E-state index in [9.17, 15) is 0 Å². The number of nitrogens with zero attached hydrogens (tertiary/aromatic N) is 10. The Bertz CT molecular complexity index is 7530. The molecule has 0 saturated heterocycles. The lowest BCUT2D eigenvalue weighted by Gasteiger charge is -2.12. The molecule has 0 N–H and O–H groups in total. The van der Waals surface area contributed by atoms with Crippen molar-refractivity contribution in [3.8, 4) is 91.1 Å². The van der Waals surface area contributed by atoms with E-state index in [0.717, 1.165) is 94.4 Å². The van der Waals surface area contributed by atoms with Crippen molar-refractivity contribution in [1.82, 2.24) is 48.2 Å².